The Morgan fingerprint density at radius 3 is 2.90 bits per heavy atom. The van der Waals surface area contributed by atoms with E-state index in [1.54, 1.807) is 6.20 Å². The number of nitrogens with two attached hydrogens (primary N) is 1. The van der Waals surface area contributed by atoms with E-state index in [1.165, 1.54) is 0 Å². The van der Waals surface area contributed by atoms with Gasteiger partial charge >= 0.3 is 0 Å². The number of hydrogen-bond acceptors (Lipinski definition) is 2. The maximum atomic E-state index is 5.70. The van der Waals surface area contributed by atoms with E-state index in [2.05, 4.69) is 27.6 Å². The summed E-state index contributed by atoms with van der Waals surface area (Å²) in [7, 11) is 0. The molecule has 0 spiro atoms. The Morgan fingerprint density at radius 2 is 2.40 bits per heavy atom. The first kappa shape index (κ1) is 8.23. The average Bonchev–Trinajstić information content (AvgIpc) is 1.94. The fourth-order valence-electron chi connectivity index (χ4n) is 0.608. The third-order valence-electron chi connectivity index (χ3n) is 1.10. The molecule has 1 heterocycles. The molecule has 0 unspecified atom stereocenters. The van der Waals surface area contributed by atoms with Crippen molar-refractivity contribution < 1.29 is 0 Å². The molecule has 0 aliphatic heterocycles. The highest BCUT2D eigenvalue weighted by molar-refractivity contribution is 14.1. The quantitative estimate of drug-likeness (QED) is 0.623. The summed E-state index contributed by atoms with van der Waals surface area (Å²) in [6, 6.07) is 1.93. The van der Waals surface area contributed by atoms with Crippen molar-refractivity contribution in [3.63, 3.8) is 0 Å². The van der Waals surface area contributed by atoms with Crippen LogP contribution in [0.15, 0.2) is 12.3 Å². The number of hydrogen-bond donors (Lipinski definition) is 1. The number of halogens is 2. The van der Waals surface area contributed by atoms with Crippen LogP contribution in [0.1, 0.15) is 5.56 Å². The molecule has 0 saturated carbocycles. The number of rotatable bonds is 1. The predicted octanol–water partition coefficient (Wildman–Crippen LogP) is 1.80. The van der Waals surface area contributed by atoms with Crippen molar-refractivity contribution in [2.45, 2.75) is 6.54 Å². The maximum Gasteiger partial charge on any atom is 0.133 e. The van der Waals surface area contributed by atoms with Crippen molar-refractivity contribution in [3.05, 3.63) is 26.5 Å². The average molecular weight is 268 g/mol. The molecule has 0 aromatic carbocycles. The molecule has 10 heavy (non-hydrogen) atoms. The molecule has 0 atom stereocenters. The lowest BCUT2D eigenvalue weighted by atomic mass is 10.3. The van der Waals surface area contributed by atoms with Crippen LogP contribution in [-0.2, 0) is 6.54 Å². The molecule has 2 N–H and O–H groups in total. The molecular formula is C6H6ClIN2. The minimum absolute atomic E-state index is 0.447. The summed E-state index contributed by atoms with van der Waals surface area (Å²) < 4.78 is 1.06. The minimum atomic E-state index is 0.447. The molecule has 0 aliphatic carbocycles. The minimum Gasteiger partial charge on any atom is -0.326 e. The van der Waals surface area contributed by atoms with Gasteiger partial charge in [0, 0.05) is 21.9 Å². The van der Waals surface area contributed by atoms with Gasteiger partial charge in [-0.1, -0.05) is 11.6 Å². The van der Waals surface area contributed by atoms with E-state index in [-0.39, 0.29) is 0 Å². The van der Waals surface area contributed by atoms with Gasteiger partial charge in [0.05, 0.1) is 0 Å². The van der Waals surface area contributed by atoms with Gasteiger partial charge in [-0.15, -0.1) is 0 Å². The molecule has 1 rings (SSSR count). The summed E-state index contributed by atoms with van der Waals surface area (Å²) in [6.45, 7) is 0.447. The fraction of sp³-hybridized carbons (Fsp3) is 0.167. The van der Waals surface area contributed by atoms with Crippen LogP contribution in [0.2, 0.25) is 5.15 Å². The molecule has 0 bridgehead atoms. The Balaban J connectivity index is 3.09. The number of pyridine rings is 1. The molecule has 0 radical (unpaired) electrons. The zero-order valence-electron chi connectivity index (χ0n) is 5.14. The molecule has 0 fully saturated rings. The van der Waals surface area contributed by atoms with Crippen molar-refractivity contribution in [3.8, 4) is 0 Å². The zero-order chi connectivity index (χ0) is 7.56. The number of nitrogens with zero attached hydrogens (tertiary/aromatic N) is 1. The summed E-state index contributed by atoms with van der Waals surface area (Å²) in [4.78, 5) is 3.93. The monoisotopic (exact) mass is 268 g/mol. The second-order valence-corrected chi connectivity index (χ2v) is 3.41. The van der Waals surface area contributed by atoms with Crippen LogP contribution in [0.3, 0.4) is 0 Å². The van der Waals surface area contributed by atoms with E-state index >= 15 is 0 Å². The van der Waals surface area contributed by atoms with Crippen LogP contribution in [0.4, 0.5) is 0 Å². The second-order valence-electron chi connectivity index (χ2n) is 1.81. The highest BCUT2D eigenvalue weighted by Gasteiger charge is 1.98. The highest BCUT2D eigenvalue weighted by Crippen LogP contribution is 2.14. The Kier molecular flexibility index (Phi) is 2.88. The van der Waals surface area contributed by atoms with Gasteiger partial charge in [-0.05, 0) is 28.7 Å². The largest absolute Gasteiger partial charge is 0.326 e. The second kappa shape index (κ2) is 3.50. The van der Waals surface area contributed by atoms with Crippen LogP contribution >= 0.6 is 34.2 Å². The van der Waals surface area contributed by atoms with E-state index in [0.29, 0.717) is 11.7 Å². The molecule has 0 aliphatic rings. The van der Waals surface area contributed by atoms with E-state index in [4.69, 9.17) is 17.3 Å². The van der Waals surface area contributed by atoms with Gasteiger partial charge in [0.15, 0.2) is 0 Å². The smallest absolute Gasteiger partial charge is 0.133 e. The van der Waals surface area contributed by atoms with Gasteiger partial charge in [-0.25, -0.2) is 4.98 Å². The molecule has 0 saturated heterocycles. The SMILES string of the molecule is NCc1cc(I)cnc1Cl. The fourth-order valence-corrected chi connectivity index (χ4v) is 1.30. The lowest BCUT2D eigenvalue weighted by molar-refractivity contribution is 1.04. The first-order chi connectivity index (χ1) is 4.74. The molecule has 0 amide bonds. The standard InChI is InChI=1S/C6H6ClIN2/c7-6-4(2-9)1-5(8)3-10-6/h1,3H,2,9H2. The van der Waals surface area contributed by atoms with Crippen LogP contribution in [0.5, 0.6) is 0 Å². The normalized spacial score (nSPS) is 9.90. The van der Waals surface area contributed by atoms with E-state index in [1.807, 2.05) is 6.07 Å². The molecule has 4 heteroatoms. The van der Waals surface area contributed by atoms with Gasteiger partial charge < -0.3 is 5.73 Å². The first-order valence-corrected chi connectivity index (χ1v) is 4.19. The van der Waals surface area contributed by atoms with E-state index in [0.717, 1.165) is 9.13 Å². The summed E-state index contributed by atoms with van der Waals surface area (Å²) in [5, 5.41) is 0.503. The summed E-state index contributed by atoms with van der Waals surface area (Å²) in [5.74, 6) is 0. The molecular weight excluding hydrogens is 262 g/mol. The Morgan fingerprint density at radius 1 is 1.70 bits per heavy atom. The topological polar surface area (TPSA) is 38.9 Å². The molecule has 54 valence electrons. The van der Waals surface area contributed by atoms with Crippen molar-refractivity contribution in [2.24, 2.45) is 5.73 Å². The summed E-state index contributed by atoms with van der Waals surface area (Å²) >= 11 is 7.87. The Labute approximate surface area is 77.9 Å². The van der Waals surface area contributed by atoms with Gasteiger partial charge in [0.2, 0.25) is 0 Å². The summed E-state index contributed by atoms with van der Waals surface area (Å²) in [6.07, 6.45) is 1.71. The Hall–Kier alpha value is 0.130. The van der Waals surface area contributed by atoms with Crippen molar-refractivity contribution >= 4 is 34.2 Å². The van der Waals surface area contributed by atoms with Gasteiger partial charge in [0.1, 0.15) is 5.15 Å². The highest BCUT2D eigenvalue weighted by atomic mass is 127. The lowest BCUT2D eigenvalue weighted by Gasteiger charge is -1.98. The summed E-state index contributed by atoms with van der Waals surface area (Å²) in [5.41, 5.74) is 6.29. The zero-order valence-corrected chi connectivity index (χ0v) is 8.06. The lowest BCUT2D eigenvalue weighted by Crippen LogP contribution is -1.98. The predicted molar refractivity (Wildman–Crippen MR) is 49.9 cm³/mol. The van der Waals surface area contributed by atoms with Crippen LogP contribution < -0.4 is 5.73 Å². The number of aromatic nitrogens is 1. The van der Waals surface area contributed by atoms with E-state index in [9.17, 15) is 0 Å². The van der Waals surface area contributed by atoms with Gasteiger partial charge in [-0.3, -0.25) is 0 Å². The van der Waals surface area contributed by atoms with Crippen LogP contribution in [0, 0.1) is 3.57 Å². The molecule has 1 aromatic rings. The van der Waals surface area contributed by atoms with Crippen molar-refractivity contribution in [2.75, 3.05) is 0 Å². The molecule has 2 nitrogen and oxygen atoms in total. The van der Waals surface area contributed by atoms with Crippen molar-refractivity contribution in [1.82, 2.24) is 4.98 Å². The molecule has 1 aromatic heterocycles. The third-order valence-corrected chi connectivity index (χ3v) is 2.03. The maximum absolute atomic E-state index is 5.70. The van der Waals surface area contributed by atoms with Crippen LogP contribution in [-0.4, -0.2) is 4.98 Å². The van der Waals surface area contributed by atoms with E-state index < -0.39 is 0 Å². The van der Waals surface area contributed by atoms with Gasteiger partial charge in [-0.2, -0.15) is 0 Å². The van der Waals surface area contributed by atoms with Crippen molar-refractivity contribution in [1.29, 1.82) is 0 Å². The Bertz CT molecular complexity index is 239. The first-order valence-electron chi connectivity index (χ1n) is 2.74. The van der Waals surface area contributed by atoms with Crippen LogP contribution in [0.25, 0.3) is 0 Å². The van der Waals surface area contributed by atoms with Gasteiger partial charge in [0.25, 0.3) is 0 Å². The third kappa shape index (κ3) is 1.81.